The van der Waals surface area contributed by atoms with Crippen LogP contribution in [-0.2, 0) is 0 Å². The SMILES string of the molecule is CN=CC(=CN)c1cccc(-c2ncc(C3C=NNC3)cn2)c1. The summed E-state index contributed by atoms with van der Waals surface area (Å²) in [6.45, 7) is 0.791. The third-order valence-corrected chi connectivity index (χ3v) is 3.66. The number of rotatable bonds is 4. The van der Waals surface area contributed by atoms with E-state index in [4.69, 9.17) is 5.73 Å². The van der Waals surface area contributed by atoms with Gasteiger partial charge in [0.2, 0.25) is 0 Å². The van der Waals surface area contributed by atoms with Crippen LogP contribution in [-0.4, -0.2) is 36.0 Å². The molecule has 3 rings (SSSR count). The lowest BCUT2D eigenvalue weighted by Gasteiger charge is -2.07. The van der Waals surface area contributed by atoms with Crippen molar-refractivity contribution in [2.24, 2.45) is 15.8 Å². The molecule has 0 saturated carbocycles. The van der Waals surface area contributed by atoms with Gasteiger partial charge >= 0.3 is 0 Å². The standard InChI is InChI=1S/C17H18N6/c1-19-7-14(6-18)12-3-2-4-13(5-12)17-20-8-15(9-21-17)16-10-22-23-11-16/h2-10,16,23H,11,18H2,1H3. The summed E-state index contributed by atoms with van der Waals surface area (Å²) >= 11 is 0. The zero-order valence-corrected chi connectivity index (χ0v) is 12.8. The highest BCUT2D eigenvalue weighted by molar-refractivity contribution is 6.09. The van der Waals surface area contributed by atoms with Crippen LogP contribution in [0.2, 0.25) is 0 Å². The molecule has 1 aromatic heterocycles. The number of hydrogen-bond donors (Lipinski definition) is 2. The van der Waals surface area contributed by atoms with E-state index in [0.29, 0.717) is 5.82 Å². The van der Waals surface area contributed by atoms with Crippen LogP contribution in [0.5, 0.6) is 0 Å². The fourth-order valence-electron chi connectivity index (χ4n) is 2.42. The monoisotopic (exact) mass is 306 g/mol. The Balaban J connectivity index is 1.88. The van der Waals surface area contributed by atoms with Crippen LogP contribution in [0.4, 0.5) is 0 Å². The summed E-state index contributed by atoms with van der Waals surface area (Å²) in [7, 11) is 1.72. The molecule has 1 atom stereocenters. The van der Waals surface area contributed by atoms with E-state index in [1.54, 1.807) is 19.5 Å². The quantitative estimate of drug-likeness (QED) is 0.843. The molecular formula is C17H18N6. The summed E-state index contributed by atoms with van der Waals surface area (Å²) in [6, 6.07) is 7.93. The second kappa shape index (κ2) is 6.83. The van der Waals surface area contributed by atoms with Crippen molar-refractivity contribution in [3.63, 3.8) is 0 Å². The summed E-state index contributed by atoms with van der Waals surface area (Å²) in [5.74, 6) is 0.922. The van der Waals surface area contributed by atoms with Crippen molar-refractivity contribution in [3.8, 4) is 11.4 Å². The number of allylic oxidation sites excluding steroid dienone is 1. The lowest BCUT2D eigenvalue weighted by atomic mass is 10.0. The molecule has 0 fully saturated rings. The van der Waals surface area contributed by atoms with Crippen molar-refractivity contribution in [1.82, 2.24) is 15.4 Å². The lowest BCUT2D eigenvalue weighted by molar-refractivity contribution is 0.760. The molecule has 1 aromatic carbocycles. The second-order valence-corrected chi connectivity index (χ2v) is 5.18. The molecule has 6 nitrogen and oxygen atoms in total. The molecule has 2 aromatic rings. The van der Waals surface area contributed by atoms with Crippen LogP contribution in [0.1, 0.15) is 17.0 Å². The first-order valence-electron chi connectivity index (χ1n) is 7.34. The Kier molecular flexibility index (Phi) is 4.42. The maximum atomic E-state index is 5.67. The second-order valence-electron chi connectivity index (χ2n) is 5.18. The number of nitrogens with two attached hydrogens (primary N) is 1. The van der Waals surface area contributed by atoms with Gasteiger partial charge in [-0.2, -0.15) is 5.10 Å². The van der Waals surface area contributed by atoms with Crippen LogP contribution >= 0.6 is 0 Å². The Hall–Kier alpha value is -3.02. The Morgan fingerprint density at radius 3 is 2.83 bits per heavy atom. The van der Waals surface area contributed by atoms with Crippen LogP contribution in [0, 0.1) is 0 Å². The van der Waals surface area contributed by atoms with Gasteiger partial charge in [0, 0.05) is 61.7 Å². The van der Waals surface area contributed by atoms with Crippen molar-refractivity contribution >= 4 is 18.0 Å². The van der Waals surface area contributed by atoms with E-state index < -0.39 is 0 Å². The zero-order chi connectivity index (χ0) is 16.1. The summed E-state index contributed by atoms with van der Waals surface area (Å²) in [5.41, 5.74) is 12.4. The Morgan fingerprint density at radius 2 is 2.17 bits per heavy atom. The summed E-state index contributed by atoms with van der Waals surface area (Å²) < 4.78 is 0. The van der Waals surface area contributed by atoms with Gasteiger partial charge < -0.3 is 11.2 Å². The van der Waals surface area contributed by atoms with E-state index in [0.717, 1.165) is 28.8 Å². The molecule has 6 heteroatoms. The number of benzene rings is 1. The first-order chi connectivity index (χ1) is 11.3. The minimum absolute atomic E-state index is 0.239. The number of aliphatic imine (C=N–C) groups is 1. The minimum Gasteiger partial charge on any atom is -0.404 e. The van der Waals surface area contributed by atoms with Crippen LogP contribution in [0.15, 0.2) is 53.0 Å². The van der Waals surface area contributed by atoms with Crippen LogP contribution in [0.25, 0.3) is 17.0 Å². The number of hydrazone groups is 1. The molecule has 0 radical (unpaired) electrons. The molecule has 116 valence electrons. The largest absolute Gasteiger partial charge is 0.404 e. The highest BCUT2D eigenvalue weighted by atomic mass is 15.3. The molecule has 23 heavy (non-hydrogen) atoms. The number of nitrogens with one attached hydrogen (secondary N) is 1. The van der Waals surface area contributed by atoms with Gasteiger partial charge in [-0.3, -0.25) is 4.99 Å². The van der Waals surface area contributed by atoms with Gasteiger partial charge in [0.05, 0.1) is 0 Å². The van der Waals surface area contributed by atoms with Gasteiger partial charge in [0.1, 0.15) is 0 Å². The van der Waals surface area contributed by atoms with E-state index in [9.17, 15) is 0 Å². The molecule has 0 aliphatic carbocycles. The topological polar surface area (TPSA) is 88.5 Å². The molecule has 0 bridgehead atoms. The van der Waals surface area contributed by atoms with Gasteiger partial charge in [-0.25, -0.2) is 9.97 Å². The summed E-state index contributed by atoms with van der Waals surface area (Å²) in [4.78, 5) is 13.0. The third kappa shape index (κ3) is 3.26. The third-order valence-electron chi connectivity index (χ3n) is 3.66. The van der Waals surface area contributed by atoms with Crippen molar-refractivity contribution in [3.05, 3.63) is 54.0 Å². The van der Waals surface area contributed by atoms with E-state index in [1.165, 1.54) is 0 Å². The van der Waals surface area contributed by atoms with Gasteiger partial charge in [0.15, 0.2) is 5.82 Å². The lowest BCUT2D eigenvalue weighted by Crippen LogP contribution is -2.09. The Bertz CT molecular complexity index is 761. The normalized spacial score (nSPS) is 17.6. The van der Waals surface area contributed by atoms with Crippen molar-refractivity contribution < 1.29 is 0 Å². The van der Waals surface area contributed by atoms with Crippen molar-refractivity contribution in [2.75, 3.05) is 13.6 Å². The fourth-order valence-corrected chi connectivity index (χ4v) is 2.42. The Labute approximate surface area is 134 Å². The Morgan fingerprint density at radius 1 is 1.35 bits per heavy atom. The first kappa shape index (κ1) is 14.9. The zero-order valence-electron chi connectivity index (χ0n) is 12.8. The molecule has 0 spiro atoms. The maximum Gasteiger partial charge on any atom is 0.159 e. The van der Waals surface area contributed by atoms with Crippen molar-refractivity contribution in [2.45, 2.75) is 5.92 Å². The minimum atomic E-state index is 0.239. The van der Waals surface area contributed by atoms with Gasteiger partial charge in [-0.1, -0.05) is 18.2 Å². The van der Waals surface area contributed by atoms with Crippen LogP contribution in [0.3, 0.4) is 0 Å². The molecule has 2 heterocycles. The highest BCUT2D eigenvalue weighted by Gasteiger charge is 2.14. The van der Waals surface area contributed by atoms with Gasteiger partial charge in [-0.15, -0.1) is 0 Å². The summed E-state index contributed by atoms with van der Waals surface area (Å²) in [6.07, 6.45) is 8.86. The first-order valence-corrected chi connectivity index (χ1v) is 7.34. The van der Waals surface area contributed by atoms with Gasteiger partial charge in [0.25, 0.3) is 0 Å². The molecule has 0 amide bonds. The number of aromatic nitrogens is 2. The highest BCUT2D eigenvalue weighted by Crippen LogP contribution is 2.21. The maximum absolute atomic E-state index is 5.67. The fraction of sp³-hybridized carbons (Fsp3) is 0.176. The molecule has 1 aliphatic heterocycles. The molecule has 3 N–H and O–H groups in total. The molecule has 1 aliphatic rings. The van der Waals surface area contributed by atoms with Crippen LogP contribution < -0.4 is 11.2 Å². The smallest absolute Gasteiger partial charge is 0.159 e. The van der Waals surface area contributed by atoms with E-state index in [1.807, 2.05) is 42.9 Å². The summed E-state index contributed by atoms with van der Waals surface area (Å²) in [5, 5.41) is 4.02. The number of hydrogen-bond acceptors (Lipinski definition) is 6. The van der Waals surface area contributed by atoms with E-state index in [-0.39, 0.29) is 5.92 Å². The number of nitrogens with zero attached hydrogens (tertiary/aromatic N) is 4. The molecular weight excluding hydrogens is 288 g/mol. The van der Waals surface area contributed by atoms with E-state index in [2.05, 4.69) is 25.5 Å². The predicted molar refractivity (Wildman–Crippen MR) is 93.3 cm³/mol. The molecule has 1 unspecified atom stereocenters. The predicted octanol–water partition coefficient (Wildman–Crippen LogP) is 1.82. The van der Waals surface area contributed by atoms with E-state index >= 15 is 0 Å². The van der Waals surface area contributed by atoms with Gasteiger partial charge in [-0.05, 0) is 17.2 Å². The average Bonchev–Trinajstić information content (AvgIpc) is 3.14. The molecule has 0 saturated heterocycles. The average molecular weight is 306 g/mol. The van der Waals surface area contributed by atoms with Crippen molar-refractivity contribution in [1.29, 1.82) is 0 Å².